The van der Waals surface area contributed by atoms with Gasteiger partial charge in [0.15, 0.2) is 11.6 Å². The number of methoxy groups -OCH3 is 2. The summed E-state index contributed by atoms with van der Waals surface area (Å²) in [5.41, 5.74) is 1.73. The summed E-state index contributed by atoms with van der Waals surface area (Å²) in [5.74, 6) is 0.240. The molecule has 0 bridgehead atoms. The van der Waals surface area contributed by atoms with E-state index < -0.39 is 12.0 Å². The fourth-order valence-corrected chi connectivity index (χ4v) is 3.63. The first-order chi connectivity index (χ1) is 11.4. The molecule has 0 spiro atoms. The first-order valence-corrected chi connectivity index (χ1v) is 7.87. The number of Topliss-reactive ketones (excluding diaryl/α,β-unsaturated/α-hetero) is 2. The van der Waals surface area contributed by atoms with E-state index in [0.29, 0.717) is 29.0 Å². The van der Waals surface area contributed by atoms with Gasteiger partial charge in [-0.05, 0) is 25.5 Å². The van der Waals surface area contributed by atoms with Gasteiger partial charge in [0.1, 0.15) is 17.5 Å². The Morgan fingerprint density at radius 3 is 2.08 bits per heavy atom. The zero-order chi connectivity index (χ0) is 17.6. The van der Waals surface area contributed by atoms with Gasteiger partial charge in [-0.3, -0.25) is 9.59 Å². The number of rotatable bonds is 3. The van der Waals surface area contributed by atoms with E-state index in [4.69, 9.17) is 9.47 Å². The number of carbonyl (C=O) groups is 2. The maximum Gasteiger partial charge on any atom is 0.192 e. The second kappa shape index (κ2) is 5.94. The molecular weight excluding hydrogens is 308 g/mol. The largest absolute Gasteiger partial charge is 0.496 e. The van der Waals surface area contributed by atoms with Crippen LogP contribution in [0.2, 0.25) is 0 Å². The number of hydrogen-bond acceptors (Lipinski definition) is 6. The maximum absolute atomic E-state index is 13.3. The highest BCUT2D eigenvalue weighted by atomic mass is 16.5. The Morgan fingerprint density at radius 1 is 1.04 bits per heavy atom. The van der Waals surface area contributed by atoms with E-state index in [9.17, 15) is 9.59 Å². The summed E-state index contributed by atoms with van der Waals surface area (Å²) in [5, 5.41) is 3.68. The monoisotopic (exact) mass is 330 g/mol. The van der Waals surface area contributed by atoms with E-state index in [1.54, 1.807) is 12.1 Å². The minimum atomic E-state index is -0.551. The molecule has 0 amide bonds. The van der Waals surface area contributed by atoms with E-state index in [-0.39, 0.29) is 11.6 Å². The molecule has 24 heavy (non-hydrogen) atoms. The number of benzene rings is 1. The summed E-state index contributed by atoms with van der Waals surface area (Å²) in [6, 6.07) is 2.80. The summed E-state index contributed by atoms with van der Waals surface area (Å²) >= 11 is 0. The maximum atomic E-state index is 13.3. The molecule has 0 fully saturated rings. The Kier molecular flexibility index (Phi) is 4.09. The van der Waals surface area contributed by atoms with Gasteiger partial charge < -0.3 is 14.5 Å². The van der Waals surface area contributed by atoms with Crippen LogP contribution in [0.1, 0.15) is 34.1 Å². The fraction of sp³-hybridized carbons (Fsp3) is 0.444. The molecule has 0 N–H and O–H groups in total. The minimum absolute atomic E-state index is 0.0651. The van der Waals surface area contributed by atoms with Crippen molar-refractivity contribution in [2.75, 3.05) is 28.3 Å². The first kappa shape index (κ1) is 16.5. The number of fused-ring (bicyclic) bond motifs is 2. The number of nitrogens with zero attached hydrogens (tertiary/aromatic N) is 2. The van der Waals surface area contributed by atoms with Crippen LogP contribution >= 0.6 is 0 Å². The normalized spacial score (nSPS) is 22.9. The van der Waals surface area contributed by atoms with Gasteiger partial charge >= 0.3 is 0 Å². The van der Waals surface area contributed by atoms with Crippen molar-refractivity contribution in [2.24, 2.45) is 5.92 Å². The molecule has 1 heterocycles. The van der Waals surface area contributed by atoms with E-state index in [2.05, 4.69) is 0 Å². The summed E-state index contributed by atoms with van der Waals surface area (Å²) in [6.07, 6.45) is 2.50. The predicted octanol–water partition coefficient (Wildman–Crippen LogP) is 2.15. The molecule has 128 valence electrons. The molecule has 0 unspecified atom stereocenters. The molecule has 0 saturated heterocycles. The summed E-state index contributed by atoms with van der Waals surface area (Å²) in [6.45, 7) is 1.98. The molecular formula is C18H22N2O4. The van der Waals surface area contributed by atoms with Crippen LogP contribution in [0.3, 0.4) is 0 Å². The average molecular weight is 330 g/mol. The Balaban J connectivity index is 2.23. The predicted molar refractivity (Wildman–Crippen MR) is 89.4 cm³/mol. The van der Waals surface area contributed by atoms with Gasteiger partial charge in [0.05, 0.1) is 31.3 Å². The molecule has 1 aromatic carbocycles. The molecule has 1 aliphatic heterocycles. The standard InChI is InChI=1S/C18H22N2O4/c1-10-8-11-16(20(9-10)19(2)3)18(22)15-13(24-5)7-6-12(23-4)14(15)17(11)21/h6-7,9,11,16H,8H2,1-5H3/t11-,16+/m1/s1. The SMILES string of the molecule is COc1ccc(OC)c2c1C(=O)[C@@H]1[C@@H](CC(C)=CN1N(C)C)C2=O. The molecule has 6 nitrogen and oxygen atoms in total. The Bertz CT molecular complexity index is 739. The third kappa shape index (κ3) is 2.29. The number of allylic oxidation sites excluding steroid dienone is 1. The summed E-state index contributed by atoms with van der Waals surface area (Å²) in [7, 11) is 6.73. The Labute approximate surface area is 141 Å². The van der Waals surface area contributed by atoms with Crippen molar-refractivity contribution in [1.29, 1.82) is 0 Å². The molecule has 3 rings (SSSR count). The smallest absolute Gasteiger partial charge is 0.192 e. The second-order valence-corrected chi connectivity index (χ2v) is 6.41. The zero-order valence-electron chi connectivity index (χ0n) is 14.6. The lowest BCUT2D eigenvalue weighted by molar-refractivity contribution is 0.00342. The zero-order valence-corrected chi connectivity index (χ0v) is 14.6. The van der Waals surface area contributed by atoms with Crippen LogP contribution in [-0.4, -0.2) is 55.9 Å². The van der Waals surface area contributed by atoms with E-state index in [1.807, 2.05) is 37.2 Å². The van der Waals surface area contributed by atoms with Crippen LogP contribution in [0.5, 0.6) is 11.5 Å². The third-order valence-corrected chi connectivity index (χ3v) is 4.69. The molecule has 2 atom stereocenters. The van der Waals surface area contributed by atoms with Crippen molar-refractivity contribution < 1.29 is 19.1 Å². The number of ether oxygens (including phenoxy) is 2. The fourth-order valence-electron chi connectivity index (χ4n) is 3.63. The van der Waals surface area contributed by atoms with E-state index in [1.165, 1.54) is 14.2 Å². The van der Waals surface area contributed by atoms with E-state index >= 15 is 0 Å². The van der Waals surface area contributed by atoms with Gasteiger partial charge in [-0.15, -0.1) is 0 Å². The molecule has 1 aliphatic carbocycles. The molecule has 0 saturated carbocycles. The Hall–Kier alpha value is -2.34. The quantitative estimate of drug-likeness (QED) is 0.846. The summed E-state index contributed by atoms with van der Waals surface area (Å²) in [4.78, 5) is 26.5. The lowest BCUT2D eigenvalue weighted by atomic mass is 9.73. The van der Waals surface area contributed by atoms with Gasteiger partial charge in [-0.25, -0.2) is 5.01 Å². The third-order valence-electron chi connectivity index (χ3n) is 4.69. The van der Waals surface area contributed by atoms with Crippen LogP contribution < -0.4 is 9.47 Å². The summed E-state index contributed by atoms with van der Waals surface area (Å²) < 4.78 is 10.7. The Morgan fingerprint density at radius 2 is 1.58 bits per heavy atom. The molecule has 0 radical (unpaired) electrons. The highest BCUT2D eigenvalue weighted by Crippen LogP contribution is 2.43. The van der Waals surface area contributed by atoms with E-state index in [0.717, 1.165) is 5.57 Å². The van der Waals surface area contributed by atoms with Gasteiger partial charge in [-0.2, -0.15) is 0 Å². The van der Waals surface area contributed by atoms with Crippen molar-refractivity contribution in [3.05, 3.63) is 35.0 Å². The first-order valence-electron chi connectivity index (χ1n) is 7.87. The number of hydrazine groups is 1. The number of ketones is 2. The average Bonchev–Trinajstić information content (AvgIpc) is 2.57. The highest BCUT2D eigenvalue weighted by Gasteiger charge is 2.48. The van der Waals surface area contributed by atoms with Crippen LogP contribution in [0.15, 0.2) is 23.9 Å². The van der Waals surface area contributed by atoms with Crippen molar-refractivity contribution in [3.8, 4) is 11.5 Å². The van der Waals surface area contributed by atoms with Gasteiger partial charge in [0.25, 0.3) is 0 Å². The topological polar surface area (TPSA) is 59.1 Å². The van der Waals surface area contributed by atoms with Gasteiger partial charge in [0, 0.05) is 20.3 Å². The lowest BCUT2D eigenvalue weighted by Crippen LogP contribution is -2.56. The lowest BCUT2D eigenvalue weighted by Gasteiger charge is -2.44. The van der Waals surface area contributed by atoms with Crippen LogP contribution in [0.25, 0.3) is 0 Å². The van der Waals surface area contributed by atoms with Crippen LogP contribution in [-0.2, 0) is 0 Å². The van der Waals surface area contributed by atoms with Crippen molar-refractivity contribution in [3.63, 3.8) is 0 Å². The van der Waals surface area contributed by atoms with Gasteiger partial charge in [0.2, 0.25) is 0 Å². The second-order valence-electron chi connectivity index (χ2n) is 6.41. The van der Waals surface area contributed by atoms with Crippen molar-refractivity contribution >= 4 is 11.6 Å². The number of carbonyl (C=O) groups excluding carboxylic acids is 2. The van der Waals surface area contributed by atoms with Crippen molar-refractivity contribution in [1.82, 2.24) is 10.0 Å². The molecule has 1 aromatic rings. The minimum Gasteiger partial charge on any atom is -0.496 e. The highest BCUT2D eigenvalue weighted by molar-refractivity contribution is 6.20. The molecule has 2 aliphatic rings. The van der Waals surface area contributed by atoms with Crippen LogP contribution in [0.4, 0.5) is 0 Å². The molecule has 0 aromatic heterocycles. The van der Waals surface area contributed by atoms with Gasteiger partial charge in [-0.1, -0.05) is 5.57 Å². The van der Waals surface area contributed by atoms with Crippen molar-refractivity contribution in [2.45, 2.75) is 19.4 Å². The number of hydrogen-bond donors (Lipinski definition) is 0. The van der Waals surface area contributed by atoms with Crippen LogP contribution in [0, 0.1) is 5.92 Å². The molecule has 6 heteroatoms.